The Morgan fingerprint density at radius 3 is 1.23 bits per heavy atom. The number of carboxylic acid groups (broad SMARTS) is 1. The summed E-state index contributed by atoms with van der Waals surface area (Å²) in [6.45, 7) is 30.9. The number of aryl methyl sites for hydroxylation is 2. The maximum atomic E-state index is 14.2. The van der Waals surface area contributed by atoms with Gasteiger partial charge in [-0.3, -0.25) is 4.79 Å². The summed E-state index contributed by atoms with van der Waals surface area (Å²) in [6, 6.07) is 49.1. The van der Waals surface area contributed by atoms with Crippen LogP contribution in [0.1, 0.15) is 87.0 Å². The Morgan fingerprint density at radius 1 is 0.516 bits per heavy atom. The van der Waals surface area contributed by atoms with Gasteiger partial charge >= 0.3 is 18.2 Å². The maximum Gasteiger partial charge on any atom is 0.408 e. The van der Waals surface area contributed by atoms with E-state index in [1.807, 2.05) is 183 Å². The Balaban J connectivity index is 0.000000249. The van der Waals surface area contributed by atoms with Crippen LogP contribution in [0.3, 0.4) is 0 Å². The fourth-order valence-corrected chi connectivity index (χ4v) is 11.7. The lowest BCUT2D eigenvalue weighted by molar-refractivity contribution is -0.139. The highest BCUT2D eigenvalue weighted by atomic mass is 28.3. The number of ether oxygens (including phenoxy) is 6. The zero-order valence-corrected chi connectivity index (χ0v) is 60.1. The van der Waals surface area contributed by atoms with Crippen LogP contribution in [0.5, 0.6) is 11.5 Å². The Morgan fingerprint density at radius 2 is 0.874 bits per heavy atom. The van der Waals surface area contributed by atoms with E-state index < -0.39 is 75.3 Å². The molecule has 508 valence electrons. The zero-order valence-electron chi connectivity index (χ0n) is 58.1. The van der Waals surface area contributed by atoms with Crippen LogP contribution in [0.25, 0.3) is 22.3 Å². The molecule has 0 fully saturated rings. The highest BCUT2D eigenvalue weighted by molar-refractivity contribution is 6.76. The minimum absolute atomic E-state index is 0.373. The molecule has 3 amide bonds. The van der Waals surface area contributed by atoms with Crippen LogP contribution in [0.15, 0.2) is 170 Å². The number of anilines is 2. The van der Waals surface area contributed by atoms with Crippen LogP contribution in [0.4, 0.5) is 21.0 Å². The number of methoxy groups -OCH3 is 2. The molecule has 19 nitrogen and oxygen atoms in total. The average molecular weight is 1330 g/mol. The molecule has 0 bridgehead atoms. The molecule has 2 heterocycles. The Bertz CT molecular complexity index is 3650. The minimum atomic E-state index is -1.18. The quantitative estimate of drug-likeness (QED) is 0.0203. The number of amides is 3. The molecule has 2 atom stereocenters. The number of aliphatic carboxylic acids is 1. The predicted molar refractivity (Wildman–Crippen MR) is 383 cm³/mol. The van der Waals surface area contributed by atoms with Gasteiger partial charge in [0.05, 0.1) is 25.6 Å². The van der Waals surface area contributed by atoms with Gasteiger partial charge in [0.1, 0.15) is 48.2 Å². The van der Waals surface area contributed by atoms with Gasteiger partial charge in [-0.15, -0.1) is 0 Å². The van der Waals surface area contributed by atoms with Crippen molar-refractivity contribution in [3.8, 4) is 33.8 Å². The second-order valence-electron chi connectivity index (χ2n) is 27.6. The van der Waals surface area contributed by atoms with Gasteiger partial charge in [-0.25, -0.2) is 23.7 Å². The first-order valence-electron chi connectivity index (χ1n) is 31.9. The summed E-state index contributed by atoms with van der Waals surface area (Å²) in [7, 11) is 1.01. The van der Waals surface area contributed by atoms with E-state index >= 15 is 0 Å². The summed E-state index contributed by atoms with van der Waals surface area (Å²) in [6.07, 6.45) is 2.51. The lowest BCUT2D eigenvalue weighted by Crippen LogP contribution is -2.49. The molecule has 0 unspecified atom stereocenters. The van der Waals surface area contributed by atoms with Gasteiger partial charge < -0.3 is 55.2 Å². The normalized spacial score (nSPS) is 12.3. The summed E-state index contributed by atoms with van der Waals surface area (Å²) in [5.41, 5.74) is 14.5. The molecule has 6 aromatic carbocycles. The van der Waals surface area contributed by atoms with Crippen molar-refractivity contribution in [3.63, 3.8) is 0 Å². The van der Waals surface area contributed by atoms with Gasteiger partial charge in [0.25, 0.3) is 0 Å². The number of carboxylic acids is 1. The summed E-state index contributed by atoms with van der Waals surface area (Å²) in [4.78, 5) is 51.3. The Kier molecular flexibility index (Phi) is 27.2. The average Bonchev–Trinajstić information content (AvgIpc) is 1.79. The van der Waals surface area contributed by atoms with Crippen molar-refractivity contribution in [2.75, 3.05) is 38.5 Å². The van der Waals surface area contributed by atoms with Crippen LogP contribution in [0.2, 0.25) is 51.4 Å². The van der Waals surface area contributed by atoms with Crippen LogP contribution < -0.4 is 31.2 Å². The monoisotopic (exact) mass is 1330 g/mol. The number of aromatic nitrogens is 4. The van der Waals surface area contributed by atoms with Crippen LogP contribution >= 0.6 is 0 Å². The number of alkyl carbamates (subject to hydrolysis) is 2. The predicted octanol–water partition coefficient (Wildman–Crippen LogP) is 15.4. The summed E-state index contributed by atoms with van der Waals surface area (Å²) in [5, 5.41) is 27.3. The second kappa shape index (κ2) is 34.4. The minimum Gasteiger partial charge on any atom is -0.496 e. The molecule has 0 aliphatic rings. The number of nitrogens with two attached hydrogens (primary N) is 1. The zero-order chi connectivity index (χ0) is 69.7. The third-order valence-corrected chi connectivity index (χ3v) is 18.2. The number of rotatable bonds is 25. The van der Waals surface area contributed by atoms with E-state index in [1.165, 1.54) is 0 Å². The lowest BCUT2D eigenvalue weighted by Gasteiger charge is -2.29. The number of nitrogens with zero attached hydrogens (tertiary/aromatic N) is 4. The second-order valence-corrected chi connectivity index (χ2v) is 38.8. The van der Waals surface area contributed by atoms with Crippen molar-refractivity contribution in [1.29, 1.82) is 0 Å². The molecule has 2 aromatic heterocycles. The molecule has 0 aliphatic carbocycles. The molecule has 8 aromatic rings. The van der Waals surface area contributed by atoms with Crippen molar-refractivity contribution in [1.82, 2.24) is 30.2 Å². The highest BCUT2D eigenvalue weighted by Gasteiger charge is 2.36. The number of hydrogen-bond donors (Lipinski definition) is 5. The van der Waals surface area contributed by atoms with E-state index in [0.717, 1.165) is 80.3 Å². The van der Waals surface area contributed by atoms with Crippen molar-refractivity contribution in [2.45, 2.75) is 155 Å². The number of carbonyl (C=O) groups excluding carboxylic acids is 3. The largest absolute Gasteiger partial charge is 0.496 e. The number of benzene rings is 6. The smallest absolute Gasteiger partial charge is 0.408 e. The fraction of sp³-hybridized carbons (Fsp3) is 0.378. The molecule has 21 heteroatoms. The van der Waals surface area contributed by atoms with E-state index in [2.05, 4.69) is 65.4 Å². The molecular weight excluding hydrogens is 1230 g/mol. The topological polar surface area (TPSA) is 242 Å². The number of nitrogen functional groups attached to an aromatic ring is 1. The highest BCUT2D eigenvalue weighted by Crippen LogP contribution is 2.37. The van der Waals surface area contributed by atoms with E-state index in [9.17, 15) is 24.3 Å². The third kappa shape index (κ3) is 24.4. The Hall–Kier alpha value is -9.03. The summed E-state index contributed by atoms with van der Waals surface area (Å²) in [5.74, 6) is -1.22. The lowest BCUT2D eigenvalue weighted by atomic mass is 9.84. The van der Waals surface area contributed by atoms with Gasteiger partial charge in [0, 0.05) is 99.4 Å². The molecule has 0 saturated carbocycles. The summed E-state index contributed by atoms with van der Waals surface area (Å²) >= 11 is 0. The Labute approximate surface area is 563 Å². The number of hydrogen-bond acceptors (Lipinski definition) is 13. The maximum absolute atomic E-state index is 14.2. The summed E-state index contributed by atoms with van der Waals surface area (Å²) < 4.78 is 37.3. The van der Waals surface area contributed by atoms with E-state index in [0.29, 0.717) is 37.2 Å². The van der Waals surface area contributed by atoms with E-state index in [1.54, 1.807) is 66.5 Å². The van der Waals surface area contributed by atoms with Crippen molar-refractivity contribution < 1.29 is 52.7 Å². The van der Waals surface area contributed by atoms with Crippen molar-refractivity contribution >= 4 is 51.6 Å². The van der Waals surface area contributed by atoms with Crippen molar-refractivity contribution in [2.24, 2.45) is 0 Å². The first-order chi connectivity index (χ1) is 44.8. The molecule has 0 aliphatic heterocycles. The molecule has 0 radical (unpaired) electrons. The number of carbonyl (C=O) groups is 4. The molecule has 0 saturated heterocycles. The van der Waals surface area contributed by atoms with Crippen LogP contribution in [0, 0.1) is 13.8 Å². The molecule has 0 spiro atoms. The van der Waals surface area contributed by atoms with Gasteiger partial charge in [-0.1, -0.05) is 161 Å². The fourth-order valence-electron chi connectivity index (χ4n) is 10.2. The molecule has 95 heavy (non-hydrogen) atoms. The molecule has 8 rings (SSSR count). The van der Waals surface area contributed by atoms with Crippen LogP contribution in [-0.4, -0.2) is 116 Å². The van der Waals surface area contributed by atoms with Gasteiger partial charge in [-0.2, -0.15) is 10.2 Å². The van der Waals surface area contributed by atoms with Crippen LogP contribution in [-0.2, 0) is 42.0 Å². The third-order valence-electron chi connectivity index (χ3n) is 14.8. The molecular formula is C74H98N8O11Si2. The standard InChI is InChI=1S/C37H48N4O5Si.C20H23NO4.C17H27N3O2Si/c1-26-31(24-41(40-26)25-45-21-22-47(6,7)8)30-20-19-29(23-32(30)44-5)38-35(42)34(39-36(43)46-37(2,3)4)33(27-15-11-9-12-16-27)28-17-13-10-14-18-28;1-20(2,3)25-19(24)21-17(18(22)23)16(14-10-6-4-7-11-14)15-12-8-5-9-13-15;1-13-16(15-7-6-14(18)10-17(15)21-2)11-20(19-13)12-22-8-9-23(3,4)5/h9-20,23-24,33-34H,21-22,25H2,1-8H3,(H,38,42)(H,39,43);4-13,16-17H,1-3H3,(H,21,24)(H,22,23);6-7,10-11H,8-9,12,18H2,1-5H3/t34-;17-;/m00./s1. The van der Waals surface area contributed by atoms with Gasteiger partial charge in [0.15, 0.2) is 0 Å². The SMILES string of the molecule is CC(C)(C)OC(=O)N[C@H](C(=O)O)C(c1ccccc1)c1ccccc1.COc1cc(N)ccc1-c1cn(COCC[Si](C)(C)C)nc1C.COc1cc(NC(=O)[C@@H](NC(=O)OC(C)(C)C)C(c2ccccc2)c2ccccc2)ccc1-c1cn(COCC[Si](C)(C)C)nc1C. The van der Waals surface area contributed by atoms with Gasteiger partial charge in [-0.05, 0) is 114 Å². The first-order valence-corrected chi connectivity index (χ1v) is 39.3. The molecule has 6 N–H and O–H groups in total. The number of nitrogens with one attached hydrogen (secondary N) is 3. The first kappa shape index (κ1) is 75.0. The van der Waals surface area contributed by atoms with Gasteiger partial charge in [0.2, 0.25) is 5.91 Å². The van der Waals surface area contributed by atoms with Crippen molar-refractivity contribution in [3.05, 3.63) is 204 Å². The van der Waals surface area contributed by atoms with E-state index in [4.69, 9.17) is 34.2 Å². The van der Waals surface area contributed by atoms with E-state index in [-0.39, 0.29) is 0 Å².